The molecule has 122 valence electrons. The number of carbonyl (C=O) groups is 1. The van der Waals surface area contributed by atoms with Crippen molar-refractivity contribution in [2.75, 3.05) is 23.3 Å². The van der Waals surface area contributed by atoms with Gasteiger partial charge in [-0.3, -0.25) is 4.79 Å². The molecule has 23 heavy (non-hydrogen) atoms. The fraction of sp³-hybridized carbons (Fsp3) is 0.421. The minimum Gasteiger partial charge on any atom is -0.372 e. The first kappa shape index (κ1) is 16.1. The van der Waals surface area contributed by atoms with E-state index in [0.717, 1.165) is 36.5 Å². The van der Waals surface area contributed by atoms with E-state index in [4.69, 9.17) is 0 Å². The van der Waals surface area contributed by atoms with Crippen LogP contribution in [0.15, 0.2) is 30.3 Å². The summed E-state index contributed by atoms with van der Waals surface area (Å²) < 4.78 is 0. The highest BCUT2D eigenvalue weighted by atomic mass is 32.1. The van der Waals surface area contributed by atoms with Gasteiger partial charge in [0.1, 0.15) is 0 Å². The second kappa shape index (κ2) is 7.18. The normalized spacial score (nSPS) is 13.5. The van der Waals surface area contributed by atoms with Gasteiger partial charge in [-0.15, -0.1) is 11.3 Å². The van der Waals surface area contributed by atoms with Gasteiger partial charge in [0.25, 0.3) is 5.91 Å². The summed E-state index contributed by atoms with van der Waals surface area (Å²) in [5.41, 5.74) is 3.43. The molecule has 0 unspecified atom stereocenters. The van der Waals surface area contributed by atoms with Crippen LogP contribution in [-0.4, -0.2) is 19.0 Å². The van der Waals surface area contributed by atoms with Gasteiger partial charge in [-0.1, -0.05) is 0 Å². The lowest BCUT2D eigenvalue weighted by atomic mass is 9.99. The van der Waals surface area contributed by atoms with E-state index in [9.17, 15) is 4.79 Å². The fourth-order valence-corrected chi connectivity index (χ4v) is 4.29. The molecule has 1 aromatic heterocycles. The Hall–Kier alpha value is -1.81. The SMILES string of the molecule is CCN(CC)c1ccc(NC(=O)c2cc3c(s2)CCCC3)cc1. The van der Waals surface area contributed by atoms with Gasteiger partial charge in [0.15, 0.2) is 0 Å². The van der Waals surface area contributed by atoms with E-state index in [2.05, 4.69) is 42.3 Å². The fourth-order valence-electron chi connectivity index (χ4n) is 3.14. The molecule has 0 bridgehead atoms. The van der Waals surface area contributed by atoms with Crippen LogP contribution in [0, 0.1) is 0 Å². The summed E-state index contributed by atoms with van der Waals surface area (Å²) in [7, 11) is 0. The molecule has 0 radical (unpaired) electrons. The molecule has 1 N–H and O–H groups in total. The number of nitrogens with zero attached hydrogens (tertiary/aromatic N) is 1. The predicted octanol–water partition coefficient (Wildman–Crippen LogP) is 4.73. The lowest BCUT2D eigenvalue weighted by Crippen LogP contribution is -2.21. The van der Waals surface area contributed by atoms with Crippen LogP contribution in [0.2, 0.25) is 0 Å². The van der Waals surface area contributed by atoms with Gasteiger partial charge < -0.3 is 10.2 Å². The van der Waals surface area contributed by atoms with Crippen LogP contribution in [0.3, 0.4) is 0 Å². The Morgan fingerprint density at radius 2 is 1.83 bits per heavy atom. The van der Waals surface area contributed by atoms with Gasteiger partial charge in [0.05, 0.1) is 4.88 Å². The van der Waals surface area contributed by atoms with Crippen molar-refractivity contribution in [3.8, 4) is 0 Å². The molecule has 1 amide bonds. The Kier molecular flexibility index (Phi) is 5.01. The van der Waals surface area contributed by atoms with Crippen molar-refractivity contribution in [3.05, 3.63) is 45.6 Å². The molecule has 0 atom stereocenters. The zero-order valence-electron chi connectivity index (χ0n) is 13.9. The van der Waals surface area contributed by atoms with Crippen molar-refractivity contribution in [1.82, 2.24) is 0 Å². The second-order valence-electron chi connectivity index (χ2n) is 5.94. The van der Waals surface area contributed by atoms with Crippen molar-refractivity contribution in [2.45, 2.75) is 39.5 Å². The zero-order valence-corrected chi connectivity index (χ0v) is 14.7. The minimum atomic E-state index is 0.0139. The lowest BCUT2D eigenvalue weighted by molar-refractivity contribution is 0.103. The first-order valence-electron chi connectivity index (χ1n) is 8.49. The molecule has 2 aromatic rings. The first-order valence-corrected chi connectivity index (χ1v) is 9.30. The molecule has 3 nitrogen and oxygen atoms in total. The van der Waals surface area contributed by atoms with E-state index in [1.54, 1.807) is 11.3 Å². The zero-order chi connectivity index (χ0) is 16.2. The summed E-state index contributed by atoms with van der Waals surface area (Å²) in [6.07, 6.45) is 4.75. The number of nitrogens with one attached hydrogen (secondary N) is 1. The second-order valence-corrected chi connectivity index (χ2v) is 7.08. The predicted molar refractivity (Wildman–Crippen MR) is 98.9 cm³/mol. The maximum Gasteiger partial charge on any atom is 0.265 e. The monoisotopic (exact) mass is 328 g/mol. The lowest BCUT2D eigenvalue weighted by Gasteiger charge is -2.21. The summed E-state index contributed by atoms with van der Waals surface area (Å²) in [4.78, 5) is 17.0. The molecule has 1 aromatic carbocycles. The summed E-state index contributed by atoms with van der Waals surface area (Å²) in [5, 5.41) is 3.02. The Bertz CT molecular complexity index is 648. The molecular weight excluding hydrogens is 304 g/mol. The van der Waals surface area contributed by atoms with Gasteiger partial charge in [0, 0.05) is 29.3 Å². The maximum atomic E-state index is 12.5. The van der Waals surface area contributed by atoms with E-state index in [0.29, 0.717) is 0 Å². The molecule has 0 aliphatic heterocycles. The Morgan fingerprint density at radius 1 is 1.13 bits per heavy atom. The number of aryl methyl sites for hydroxylation is 2. The summed E-state index contributed by atoms with van der Waals surface area (Å²) >= 11 is 1.66. The van der Waals surface area contributed by atoms with Crippen LogP contribution < -0.4 is 10.2 Å². The summed E-state index contributed by atoms with van der Waals surface area (Å²) in [5.74, 6) is 0.0139. The molecule has 3 rings (SSSR count). The van der Waals surface area contributed by atoms with E-state index in [1.165, 1.54) is 29.0 Å². The number of fused-ring (bicyclic) bond motifs is 1. The molecule has 0 fully saturated rings. The van der Waals surface area contributed by atoms with Crippen LogP contribution in [-0.2, 0) is 12.8 Å². The van der Waals surface area contributed by atoms with Crippen molar-refractivity contribution in [1.29, 1.82) is 0 Å². The number of benzene rings is 1. The minimum absolute atomic E-state index is 0.0139. The van der Waals surface area contributed by atoms with Crippen molar-refractivity contribution in [3.63, 3.8) is 0 Å². The molecule has 0 spiro atoms. The third kappa shape index (κ3) is 3.58. The Balaban J connectivity index is 1.69. The van der Waals surface area contributed by atoms with E-state index in [1.807, 2.05) is 12.1 Å². The summed E-state index contributed by atoms with van der Waals surface area (Å²) in [6.45, 7) is 6.28. The average Bonchev–Trinajstić information content (AvgIpc) is 3.02. The van der Waals surface area contributed by atoms with Crippen molar-refractivity contribution >= 4 is 28.6 Å². The Morgan fingerprint density at radius 3 is 2.48 bits per heavy atom. The molecule has 0 saturated heterocycles. The van der Waals surface area contributed by atoms with Crippen molar-refractivity contribution in [2.24, 2.45) is 0 Å². The van der Waals surface area contributed by atoms with Crippen LogP contribution in [0.1, 0.15) is 46.8 Å². The molecular formula is C19H24N2OS. The average molecular weight is 328 g/mol. The van der Waals surface area contributed by atoms with Gasteiger partial charge in [-0.05, 0) is 75.4 Å². The largest absolute Gasteiger partial charge is 0.372 e. The van der Waals surface area contributed by atoms with Crippen molar-refractivity contribution < 1.29 is 4.79 Å². The smallest absolute Gasteiger partial charge is 0.265 e. The van der Waals surface area contributed by atoms with Gasteiger partial charge in [-0.2, -0.15) is 0 Å². The first-order chi connectivity index (χ1) is 11.2. The number of amides is 1. The third-order valence-corrected chi connectivity index (χ3v) is 5.71. The van der Waals surface area contributed by atoms with Crippen LogP contribution in [0.25, 0.3) is 0 Å². The number of rotatable bonds is 5. The van der Waals surface area contributed by atoms with Gasteiger partial charge >= 0.3 is 0 Å². The number of thiophene rings is 1. The standard InChI is InChI=1S/C19H24N2OS/c1-3-21(4-2)16-11-9-15(10-12-16)20-19(22)18-13-14-7-5-6-8-17(14)23-18/h9-13H,3-8H2,1-2H3,(H,20,22). The number of hydrogen-bond acceptors (Lipinski definition) is 3. The topological polar surface area (TPSA) is 32.3 Å². The maximum absolute atomic E-state index is 12.5. The molecule has 1 aliphatic carbocycles. The molecule has 4 heteroatoms. The Labute approximate surface area is 142 Å². The highest BCUT2D eigenvalue weighted by Crippen LogP contribution is 2.30. The van der Waals surface area contributed by atoms with E-state index >= 15 is 0 Å². The molecule has 1 heterocycles. The van der Waals surface area contributed by atoms with Crippen LogP contribution in [0.4, 0.5) is 11.4 Å². The molecule has 1 aliphatic rings. The highest BCUT2D eigenvalue weighted by Gasteiger charge is 2.17. The van der Waals surface area contributed by atoms with E-state index in [-0.39, 0.29) is 5.91 Å². The number of hydrogen-bond donors (Lipinski definition) is 1. The van der Waals surface area contributed by atoms with Crippen LogP contribution >= 0.6 is 11.3 Å². The summed E-state index contributed by atoms with van der Waals surface area (Å²) in [6, 6.07) is 10.2. The van der Waals surface area contributed by atoms with Gasteiger partial charge in [-0.25, -0.2) is 0 Å². The van der Waals surface area contributed by atoms with E-state index < -0.39 is 0 Å². The number of carbonyl (C=O) groups excluding carboxylic acids is 1. The highest BCUT2D eigenvalue weighted by molar-refractivity contribution is 7.14. The third-order valence-electron chi connectivity index (χ3n) is 4.47. The number of anilines is 2. The van der Waals surface area contributed by atoms with Crippen LogP contribution in [0.5, 0.6) is 0 Å². The van der Waals surface area contributed by atoms with Gasteiger partial charge in [0.2, 0.25) is 0 Å². The quantitative estimate of drug-likeness (QED) is 0.861. The molecule has 0 saturated carbocycles.